The highest BCUT2D eigenvalue weighted by Gasteiger charge is 2.28. The van der Waals surface area contributed by atoms with Crippen molar-refractivity contribution in [2.45, 2.75) is 38.5 Å². The second-order valence-electron chi connectivity index (χ2n) is 6.59. The van der Waals surface area contributed by atoms with Gasteiger partial charge in [0.2, 0.25) is 0 Å². The molecule has 2 aromatic rings. The first-order valence-electron chi connectivity index (χ1n) is 9.46. The lowest BCUT2D eigenvalue weighted by Gasteiger charge is -2.32. The molecule has 1 aliphatic rings. The van der Waals surface area contributed by atoms with Crippen LogP contribution in [0.1, 0.15) is 38.7 Å². The highest BCUT2D eigenvalue weighted by atomic mass is 14.3. The van der Waals surface area contributed by atoms with Crippen LogP contribution in [-0.2, 0) is 5.41 Å². The van der Waals surface area contributed by atoms with Crippen molar-refractivity contribution in [1.82, 2.24) is 0 Å². The van der Waals surface area contributed by atoms with Crippen LogP contribution in [-0.4, -0.2) is 0 Å². The smallest absolute Gasteiger partial charge is 0.0167 e. The van der Waals surface area contributed by atoms with Gasteiger partial charge in [-0.3, -0.25) is 0 Å². The number of rotatable bonds is 5. The van der Waals surface area contributed by atoms with Crippen molar-refractivity contribution in [3.8, 4) is 11.1 Å². The third-order valence-electron chi connectivity index (χ3n) is 5.12. The monoisotopic (exact) mass is 342 g/mol. The van der Waals surface area contributed by atoms with E-state index >= 15 is 0 Å². The maximum atomic E-state index is 3.36. The summed E-state index contributed by atoms with van der Waals surface area (Å²) in [6, 6.07) is 19.7. The van der Waals surface area contributed by atoms with Crippen molar-refractivity contribution >= 4 is 0 Å². The van der Waals surface area contributed by atoms with E-state index in [9.17, 15) is 0 Å². The Bertz CT molecular complexity index is 753. The average Bonchev–Trinajstić information content (AvgIpc) is 2.74. The number of hydrogen-bond acceptors (Lipinski definition) is 0. The molecule has 0 amide bonds. The summed E-state index contributed by atoms with van der Waals surface area (Å²) in [7, 11) is 0. The van der Waals surface area contributed by atoms with Crippen LogP contribution < -0.4 is 0 Å². The summed E-state index contributed by atoms with van der Waals surface area (Å²) in [6.07, 6.45) is 13.8. The Kier molecular flexibility index (Phi) is 7.41. The highest BCUT2D eigenvalue weighted by molar-refractivity contribution is 5.64. The van der Waals surface area contributed by atoms with Crippen LogP contribution in [0.4, 0.5) is 0 Å². The summed E-state index contributed by atoms with van der Waals surface area (Å²) in [6.45, 7) is 11.2. The fourth-order valence-corrected chi connectivity index (χ4v) is 3.28. The molecule has 26 heavy (non-hydrogen) atoms. The Morgan fingerprint density at radius 1 is 0.885 bits per heavy atom. The van der Waals surface area contributed by atoms with Gasteiger partial charge in [0, 0.05) is 5.41 Å². The van der Waals surface area contributed by atoms with E-state index in [0.29, 0.717) is 0 Å². The Morgan fingerprint density at radius 3 is 1.96 bits per heavy atom. The summed E-state index contributed by atoms with van der Waals surface area (Å²) < 4.78 is 0. The molecule has 0 aromatic heterocycles. The summed E-state index contributed by atoms with van der Waals surface area (Å²) in [5.41, 5.74) is 5.64. The van der Waals surface area contributed by atoms with Crippen LogP contribution in [0.3, 0.4) is 0 Å². The maximum absolute atomic E-state index is 3.36. The number of benzene rings is 2. The Balaban J connectivity index is 0.000000552. The number of hydrogen-bond donors (Lipinski definition) is 0. The predicted octanol–water partition coefficient (Wildman–Crippen LogP) is 7.66. The van der Waals surface area contributed by atoms with Gasteiger partial charge in [-0.2, -0.15) is 0 Å². The molecule has 0 heterocycles. The van der Waals surface area contributed by atoms with Gasteiger partial charge in [0.25, 0.3) is 0 Å². The van der Waals surface area contributed by atoms with E-state index in [-0.39, 0.29) is 5.41 Å². The summed E-state index contributed by atoms with van der Waals surface area (Å²) in [5.74, 6) is 0. The molecule has 0 bridgehead atoms. The van der Waals surface area contributed by atoms with Crippen LogP contribution in [0.2, 0.25) is 0 Å². The lowest BCUT2D eigenvalue weighted by molar-refractivity contribution is 0.515. The molecule has 1 atom stereocenters. The molecule has 2 aromatic carbocycles. The largest absolute Gasteiger partial charge is 0.0991 e. The third-order valence-corrected chi connectivity index (χ3v) is 5.12. The zero-order valence-corrected chi connectivity index (χ0v) is 16.1. The Labute approximate surface area is 159 Å². The van der Waals surface area contributed by atoms with Gasteiger partial charge in [0.05, 0.1) is 0 Å². The Hall–Kier alpha value is -2.60. The zero-order chi connectivity index (χ0) is 18.8. The molecule has 0 saturated carbocycles. The van der Waals surface area contributed by atoms with Crippen LogP contribution in [0, 0.1) is 0 Å². The minimum Gasteiger partial charge on any atom is -0.0991 e. The normalized spacial score (nSPS) is 18.3. The SMILES string of the molecule is C=CC=C.CCC1=CCC(CC)(c2ccc(-c3ccccc3)cc2)C=C1. The van der Waals surface area contributed by atoms with E-state index in [2.05, 4.69) is 99.8 Å². The van der Waals surface area contributed by atoms with Crippen molar-refractivity contribution in [2.24, 2.45) is 0 Å². The van der Waals surface area contributed by atoms with E-state index in [1.165, 1.54) is 22.3 Å². The van der Waals surface area contributed by atoms with Gasteiger partial charge in [-0.25, -0.2) is 0 Å². The van der Waals surface area contributed by atoms with E-state index in [1.54, 1.807) is 12.2 Å². The van der Waals surface area contributed by atoms with E-state index < -0.39 is 0 Å². The molecule has 0 fully saturated rings. The third kappa shape index (κ3) is 4.73. The van der Waals surface area contributed by atoms with Gasteiger partial charge >= 0.3 is 0 Å². The lowest BCUT2D eigenvalue weighted by atomic mass is 9.72. The standard InChI is InChI=1S/C22H24.C4H6/c1-3-18-14-16-22(4-2,17-15-18)21-12-10-20(11-13-21)19-8-6-5-7-9-19;1-3-4-2/h5-16H,3-4,17H2,1-2H3;3-4H,1-2H2. The summed E-state index contributed by atoms with van der Waals surface area (Å²) in [4.78, 5) is 0. The molecular weight excluding hydrogens is 312 g/mol. The molecule has 0 N–H and O–H groups in total. The molecule has 134 valence electrons. The molecule has 1 aliphatic carbocycles. The summed E-state index contributed by atoms with van der Waals surface area (Å²) >= 11 is 0. The van der Waals surface area contributed by atoms with Crippen molar-refractivity contribution in [2.75, 3.05) is 0 Å². The zero-order valence-electron chi connectivity index (χ0n) is 16.1. The minimum absolute atomic E-state index is 0.174. The van der Waals surface area contributed by atoms with Gasteiger partial charge in [0.15, 0.2) is 0 Å². The summed E-state index contributed by atoms with van der Waals surface area (Å²) in [5, 5.41) is 0. The Morgan fingerprint density at radius 2 is 1.50 bits per heavy atom. The maximum Gasteiger partial charge on any atom is 0.0167 e. The van der Waals surface area contributed by atoms with Crippen LogP contribution in [0.15, 0.2) is 104 Å². The molecule has 3 rings (SSSR count). The fraction of sp³-hybridized carbons (Fsp3) is 0.231. The second kappa shape index (κ2) is 9.77. The first-order valence-corrected chi connectivity index (χ1v) is 9.46. The van der Waals surface area contributed by atoms with Crippen LogP contribution in [0.5, 0.6) is 0 Å². The van der Waals surface area contributed by atoms with Gasteiger partial charge in [-0.15, -0.1) is 0 Å². The van der Waals surface area contributed by atoms with Crippen LogP contribution in [0.25, 0.3) is 11.1 Å². The van der Waals surface area contributed by atoms with Crippen molar-refractivity contribution < 1.29 is 0 Å². The second-order valence-corrected chi connectivity index (χ2v) is 6.59. The highest BCUT2D eigenvalue weighted by Crippen LogP contribution is 2.38. The van der Waals surface area contributed by atoms with Crippen molar-refractivity contribution in [3.63, 3.8) is 0 Å². The van der Waals surface area contributed by atoms with Crippen molar-refractivity contribution in [3.05, 3.63) is 109 Å². The molecule has 0 saturated heterocycles. The quantitative estimate of drug-likeness (QED) is 0.489. The van der Waals surface area contributed by atoms with Gasteiger partial charge < -0.3 is 0 Å². The average molecular weight is 343 g/mol. The molecule has 0 radical (unpaired) electrons. The first-order chi connectivity index (χ1) is 12.7. The van der Waals surface area contributed by atoms with E-state index in [0.717, 1.165) is 19.3 Å². The molecular formula is C26H30. The van der Waals surface area contributed by atoms with Gasteiger partial charge in [-0.05, 0) is 36.0 Å². The van der Waals surface area contributed by atoms with E-state index in [1.807, 2.05) is 0 Å². The topological polar surface area (TPSA) is 0 Å². The van der Waals surface area contributed by atoms with Gasteiger partial charge in [0.1, 0.15) is 0 Å². The van der Waals surface area contributed by atoms with Crippen LogP contribution >= 0.6 is 0 Å². The molecule has 0 spiro atoms. The number of allylic oxidation sites excluding steroid dienone is 6. The minimum atomic E-state index is 0.174. The van der Waals surface area contributed by atoms with Gasteiger partial charge in [-0.1, -0.05) is 118 Å². The fourth-order valence-electron chi connectivity index (χ4n) is 3.28. The first kappa shape index (κ1) is 19.7. The van der Waals surface area contributed by atoms with E-state index in [4.69, 9.17) is 0 Å². The molecule has 0 heteroatoms. The molecule has 0 nitrogen and oxygen atoms in total. The lowest BCUT2D eigenvalue weighted by Crippen LogP contribution is -2.23. The van der Waals surface area contributed by atoms with Crippen molar-refractivity contribution in [1.29, 1.82) is 0 Å². The molecule has 1 unspecified atom stereocenters. The predicted molar refractivity (Wildman–Crippen MR) is 116 cm³/mol. The molecule has 0 aliphatic heterocycles.